The summed E-state index contributed by atoms with van der Waals surface area (Å²) in [6.07, 6.45) is 9.54. The van der Waals surface area contributed by atoms with Crippen LogP contribution in [0.3, 0.4) is 0 Å². The highest BCUT2D eigenvalue weighted by molar-refractivity contribution is 5.94. The molecule has 4 rings (SSSR count). The third kappa shape index (κ3) is 4.29. The quantitative estimate of drug-likeness (QED) is 0.857. The Morgan fingerprint density at radius 2 is 1.64 bits per heavy atom. The molecule has 1 aliphatic carbocycles. The summed E-state index contributed by atoms with van der Waals surface area (Å²) in [5, 5.41) is 3.13. The lowest BCUT2D eigenvalue weighted by Gasteiger charge is -2.32. The first-order chi connectivity index (χ1) is 13.7. The lowest BCUT2D eigenvalue weighted by Crippen LogP contribution is -2.46. The predicted molar refractivity (Wildman–Crippen MR) is 107 cm³/mol. The fourth-order valence-corrected chi connectivity index (χ4v) is 4.39. The normalized spacial score (nSPS) is 18.8. The molecule has 5 nitrogen and oxygen atoms in total. The van der Waals surface area contributed by atoms with Crippen LogP contribution in [0.2, 0.25) is 0 Å². The van der Waals surface area contributed by atoms with E-state index in [1.807, 2.05) is 12.1 Å². The van der Waals surface area contributed by atoms with Gasteiger partial charge in [-0.1, -0.05) is 31.4 Å². The fourth-order valence-electron chi connectivity index (χ4n) is 4.39. The average molecular weight is 380 g/mol. The van der Waals surface area contributed by atoms with E-state index in [-0.39, 0.29) is 17.9 Å². The van der Waals surface area contributed by atoms with Crippen LogP contribution in [0.4, 0.5) is 0 Å². The van der Waals surface area contributed by atoms with Crippen LogP contribution in [0.5, 0.6) is 0 Å². The first-order valence-corrected chi connectivity index (χ1v) is 10.4. The van der Waals surface area contributed by atoms with Crippen molar-refractivity contribution in [3.05, 3.63) is 59.5 Å². The molecule has 0 bridgehead atoms. The van der Waals surface area contributed by atoms with Crippen molar-refractivity contribution in [1.82, 2.24) is 10.2 Å². The number of piperidine rings is 1. The number of nitrogens with one attached hydrogen (secondary N) is 1. The molecule has 2 heterocycles. The number of carbonyl (C=O) groups is 2. The molecule has 1 saturated carbocycles. The van der Waals surface area contributed by atoms with Crippen LogP contribution in [0, 0.1) is 0 Å². The van der Waals surface area contributed by atoms with Gasteiger partial charge in [-0.3, -0.25) is 9.59 Å². The van der Waals surface area contributed by atoms with Gasteiger partial charge in [-0.15, -0.1) is 0 Å². The summed E-state index contributed by atoms with van der Waals surface area (Å²) in [5.74, 6) is 0.932. The zero-order chi connectivity index (χ0) is 19.3. The smallest absolute Gasteiger partial charge is 0.289 e. The first-order valence-electron chi connectivity index (χ1n) is 10.4. The van der Waals surface area contributed by atoms with E-state index in [1.165, 1.54) is 43.9 Å². The number of carbonyl (C=O) groups excluding carboxylic acids is 2. The highest BCUT2D eigenvalue weighted by atomic mass is 16.3. The molecule has 1 aromatic carbocycles. The molecule has 2 aliphatic rings. The van der Waals surface area contributed by atoms with Gasteiger partial charge in [0.05, 0.1) is 6.26 Å². The van der Waals surface area contributed by atoms with Crippen LogP contribution >= 0.6 is 0 Å². The standard InChI is InChI=1S/C23H28N2O3/c26-22(19-10-8-18(9-11-19)17-5-2-1-3-6-17)24-20-12-14-25(15-13-20)23(27)21-7-4-16-28-21/h4,7-11,16-17,20H,1-3,5-6,12-15H2,(H,24,26). The van der Waals surface area contributed by atoms with Crippen molar-refractivity contribution >= 4 is 11.8 Å². The summed E-state index contributed by atoms with van der Waals surface area (Å²) in [7, 11) is 0. The minimum Gasteiger partial charge on any atom is -0.459 e. The van der Waals surface area contributed by atoms with Crippen molar-refractivity contribution in [1.29, 1.82) is 0 Å². The fraction of sp³-hybridized carbons (Fsp3) is 0.478. The SMILES string of the molecule is O=C(NC1CCN(C(=O)c2ccco2)CC1)c1ccc(C2CCCCC2)cc1. The molecule has 2 amide bonds. The Hall–Kier alpha value is -2.56. The number of benzene rings is 1. The highest BCUT2D eigenvalue weighted by Gasteiger charge is 2.26. The third-order valence-corrected chi connectivity index (χ3v) is 6.10. The molecule has 1 saturated heterocycles. The number of hydrogen-bond acceptors (Lipinski definition) is 3. The second kappa shape index (κ2) is 8.63. The summed E-state index contributed by atoms with van der Waals surface area (Å²) in [6.45, 7) is 1.26. The maximum absolute atomic E-state index is 12.6. The monoisotopic (exact) mass is 380 g/mol. The van der Waals surface area contributed by atoms with Gasteiger partial charge in [0.2, 0.25) is 0 Å². The summed E-state index contributed by atoms with van der Waals surface area (Å²) in [6, 6.07) is 11.7. The molecule has 1 aromatic heterocycles. The van der Waals surface area contributed by atoms with Crippen LogP contribution in [0.25, 0.3) is 0 Å². The predicted octanol–water partition coefficient (Wildman–Crippen LogP) is 4.36. The minimum absolute atomic E-state index is 0.0222. The van der Waals surface area contributed by atoms with Gasteiger partial charge >= 0.3 is 0 Å². The van der Waals surface area contributed by atoms with E-state index in [1.54, 1.807) is 17.0 Å². The van der Waals surface area contributed by atoms with Crippen molar-refractivity contribution in [2.75, 3.05) is 13.1 Å². The van der Waals surface area contributed by atoms with Crippen LogP contribution in [0.15, 0.2) is 47.1 Å². The van der Waals surface area contributed by atoms with E-state index in [0.29, 0.717) is 30.3 Å². The number of rotatable bonds is 4. The van der Waals surface area contributed by atoms with Gasteiger partial charge in [0.25, 0.3) is 11.8 Å². The first kappa shape index (κ1) is 18.8. The molecule has 1 aliphatic heterocycles. The summed E-state index contributed by atoms with van der Waals surface area (Å²) in [5.41, 5.74) is 2.08. The molecule has 0 unspecified atom stereocenters. The van der Waals surface area contributed by atoms with E-state index < -0.39 is 0 Å². The molecule has 0 radical (unpaired) electrons. The highest BCUT2D eigenvalue weighted by Crippen LogP contribution is 2.32. The van der Waals surface area contributed by atoms with Crippen LogP contribution in [0.1, 0.15) is 77.3 Å². The Bertz CT molecular complexity index is 784. The van der Waals surface area contributed by atoms with Crippen molar-refractivity contribution < 1.29 is 14.0 Å². The molecular weight excluding hydrogens is 352 g/mol. The molecule has 5 heteroatoms. The maximum Gasteiger partial charge on any atom is 0.289 e. The molecule has 2 aromatic rings. The Kier molecular flexibility index (Phi) is 5.79. The van der Waals surface area contributed by atoms with Crippen molar-refractivity contribution in [2.24, 2.45) is 0 Å². The lowest BCUT2D eigenvalue weighted by atomic mass is 9.84. The lowest BCUT2D eigenvalue weighted by molar-refractivity contribution is 0.0667. The minimum atomic E-state index is -0.0759. The Labute approximate surface area is 166 Å². The van der Waals surface area contributed by atoms with E-state index in [0.717, 1.165) is 12.8 Å². The maximum atomic E-state index is 12.6. The van der Waals surface area contributed by atoms with Gasteiger partial charge in [0.15, 0.2) is 5.76 Å². The average Bonchev–Trinajstić information content (AvgIpc) is 3.29. The summed E-state index contributed by atoms with van der Waals surface area (Å²) in [4.78, 5) is 26.7. The molecule has 2 fully saturated rings. The van der Waals surface area contributed by atoms with E-state index in [2.05, 4.69) is 17.4 Å². The number of nitrogens with zero attached hydrogens (tertiary/aromatic N) is 1. The summed E-state index contributed by atoms with van der Waals surface area (Å²) < 4.78 is 5.19. The van der Waals surface area contributed by atoms with Gasteiger partial charge in [0, 0.05) is 24.7 Å². The molecule has 1 N–H and O–H groups in total. The Morgan fingerprint density at radius 3 is 2.29 bits per heavy atom. The second-order valence-corrected chi connectivity index (χ2v) is 7.97. The largest absolute Gasteiger partial charge is 0.459 e. The van der Waals surface area contributed by atoms with Crippen LogP contribution in [-0.2, 0) is 0 Å². The molecule has 28 heavy (non-hydrogen) atoms. The zero-order valence-electron chi connectivity index (χ0n) is 16.2. The number of likely N-dealkylation sites (tertiary alicyclic amines) is 1. The van der Waals surface area contributed by atoms with Crippen LogP contribution in [-0.4, -0.2) is 35.8 Å². The van der Waals surface area contributed by atoms with Crippen LogP contribution < -0.4 is 5.32 Å². The second-order valence-electron chi connectivity index (χ2n) is 7.97. The zero-order valence-corrected chi connectivity index (χ0v) is 16.2. The molecule has 0 spiro atoms. The van der Waals surface area contributed by atoms with Crippen molar-refractivity contribution in [2.45, 2.75) is 56.9 Å². The topological polar surface area (TPSA) is 62.6 Å². The Balaban J connectivity index is 1.28. The third-order valence-electron chi connectivity index (χ3n) is 6.10. The van der Waals surface area contributed by atoms with Gasteiger partial charge in [-0.25, -0.2) is 0 Å². The van der Waals surface area contributed by atoms with Crippen molar-refractivity contribution in [3.63, 3.8) is 0 Å². The van der Waals surface area contributed by atoms with Gasteiger partial charge in [-0.2, -0.15) is 0 Å². The van der Waals surface area contributed by atoms with E-state index in [4.69, 9.17) is 4.42 Å². The van der Waals surface area contributed by atoms with Gasteiger partial charge < -0.3 is 14.6 Å². The van der Waals surface area contributed by atoms with E-state index >= 15 is 0 Å². The van der Waals surface area contributed by atoms with Gasteiger partial charge in [-0.05, 0) is 61.4 Å². The van der Waals surface area contributed by atoms with Gasteiger partial charge in [0.1, 0.15) is 0 Å². The Morgan fingerprint density at radius 1 is 0.929 bits per heavy atom. The molecule has 148 valence electrons. The number of amides is 2. The molecule has 0 atom stereocenters. The van der Waals surface area contributed by atoms with Crippen molar-refractivity contribution in [3.8, 4) is 0 Å². The number of furan rings is 1. The number of hydrogen-bond donors (Lipinski definition) is 1. The summed E-state index contributed by atoms with van der Waals surface area (Å²) >= 11 is 0. The van der Waals surface area contributed by atoms with E-state index in [9.17, 15) is 9.59 Å². The molecular formula is C23H28N2O3.